The molecule has 5 heteroatoms. The smallest absolute Gasteiger partial charge is 0.233 e. The number of nitrogens with zero attached hydrogens (tertiary/aromatic N) is 3. The number of ether oxygens (including phenoxy) is 1. The molecule has 94 valence electrons. The second kappa shape index (κ2) is 4.86. The van der Waals surface area contributed by atoms with E-state index < -0.39 is 0 Å². The van der Waals surface area contributed by atoms with Gasteiger partial charge in [-0.1, -0.05) is 11.2 Å². The fraction of sp³-hybridized carbons (Fsp3) is 0.462. The topological polar surface area (TPSA) is 61.0 Å². The summed E-state index contributed by atoms with van der Waals surface area (Å²) in [6.07, 6.45) is 4.55. The molecule has 0 spiro atoms. The highest BCUT2D eigenvalue weighted by Gasteiger charge is 2.24. The zero-order valence-corrected chi connectivity index (χ0v) is 10.2. The summed E-state index contributed by atoms with van der Waals surface area (Å²) in [7, 11) is 0. The molecule has 0 N–H and O–H groups in total. The third-order valence-electron chi connectivity index (χ3n) is 3.31. The molecule has 0 radical (unpaired) electrons. The molecule has 0 bridgehead atoms. The maximum Gasteiger partial charge on any atom is 0.233 e. The summed E-state index contributed by atoms with van der Waals surface area (Å²) in [5, 5.41) is 4.06. The molecule has 1 aliphatic rings. The molecule has 0 aromatic carbocycles. The van der Waals surface area contributed by atoms with Gasteiger partial charge >= 0.3 is 0 Å². The first-order chi connectivity index (χ1) is 8.84. The van der Waals surface area contributed by atoms with Crippen LogP contribution in [0.3, 0.4) is 0 Å². The molecule has 0 amide bonds. The predicted molar refractivity (Wildman–Crippen MR) is 64.2 cm³/mol. The van der Waals surface area contributed by atoms with E-state index in [1.807, 2.05) is 25.3 Å². The molecule has 0 unspecified atom stereocenters. The van der Waals surface area contributed by atoms with Crippen LogP contribution in [-0.2, 0) is 4.74 Å². The Morgan fingerprint density at radius 3 is 3.11 bits per heavy atom. The average Bonchev–Trinajstić information content (AvgIpc) is 3.09. The minimum absolute atomic E-state index is 0.0715. The van der Waals surface area contributed by atoms with Crippen molar-refractivity contribution in [3.05, 3.63) is 41.8 Å². The van der Waals surface area contributed by atoms with E-state index in [0.29, 0.717) is 12.5 Å². The van der Waals surface area contributed by atoms with Gasteiger partial charge in [-0.25, -0.2) is 0 Å². The minimum Gasteiger partial charge on any atom is -0.381 e. The summed E-state index contributed by atoms with van der Waals surface area (Å²) in [5.41, 5.74) is 1.08. The van der Waals surface area contributed by atoms with Gasteiger partial charge in [0.2, 0.25) is 5.89 Å². The molecule has 18 heavy (non-hydrogen) atoms. The molecule has 0 aliphatic carbocycles. The van der Waals surface area contributed by atoms with Crippen LogP contribution in [-0.4, -0.2) is 28.3 Å². The standard InChI is InChI=1S/C13H15N3O2/c1-9(10-3-2-5-14-7-10)13-15-12(16-18-13)11-4-6-17-8-11/h2-3,5,7,9,11H,4,6,8H2,1H3/t9-,11-/m1/s1. The van der Waals surface area contributed by atoms with Crippen LogP contribution in [0.4, 0.5) is 0 Å². The van der Waals surface area contributed by atoms with Crippen molar-refractivity contribution in [3.63, 3.8) is 0 Å². The Morgan fingerprint density at radius 2 is 2.39 bits per heavy atom. The molecular weight excluding hydrogens is 230 g/mol. The van der Waals surface area contributed by atoms with E-state index in [1.165, 1.54) is 0 Å². The molecule has 3 heterocycles. The quantitative estimate of drug-likeness (QED) is 0.828. The second-order valence-electron chi connectivity index (χ2n) is 4.56. The maximum absolute atomic E-state index is 5.35. The van der Waals surface area contributed by atoms with Gasteiger partial charge in [0, 0.05) is 24.9 Å². The molecule has 1 aliphatic heterocycles. The lowest BCUT2D eigenvalue weighted by atomic mass is 10.0. The van der Waals surface area contributed by atoms with Crippen molar-refractivity contribution < 1.29 is 9.26 Å². The zero-order chi connectivity index (χ0) is 12.4. The van der Waals surface area contributed by atoms with Crippen LogP contribution in [0.25, 0.3) is 0 Å². The summed E-state index contributed by atoms with van der Waals surface area (Å²) < 4.78 is 10.7. The number of pyridine rings is 1. The van der Waals surface area contributed by atoms with E-state index in [1.54, 1.807) is 6.20 Å². The van der Waals surface area contributed by atoms with E-state index in [2.05, 4.69) is 15.1 Å². The van der Waals surface area contributed by atoms with Crippen LogP contribution in [0.2, 0.25) is 0 Å². The average molecular weight is 245 g/mol. The van der Waals surface area contributed by atoms with Crippen LogP contribution in [0.1, 0.15) is 42.5 Å². The van der Waals surface area contributed by atoms with Gasteiger partial charge in [0.15, 0.2) is 5.82 Å². The highest BCUT2D eigenvalue weighted by molar-refractivity contribution is 5.20. The number of hydrogen-bond acceptors (Lipinski definition) is 5. The molecule has 2 atom stereocenters. The summed E-state index contributed by atoms with van der Waals surface area (Å²) >= 11 is 0. The Kier molecular flexibility index (Phi) is 3.06. The van der Waals surface area contributed by atoms with Crippen molar-refractivity contribution in [1.29, 1.82) is 0 Å². The molecule has 2 aromatic heterocycles. The Labute approximate surface area is 105 Å². The van der Waals surface area contributed by atoms with Crippen LogP contribution < -0.4 is 0 Å². The van der Waals surface area contributed by atoms with Gasteiger partial charge < -0.3 is 9.26 Å². The summed E-state index contributed by atoms with van der Waals surface area (Å²) in [6, 6.07) is 3.92. The van der Waals surface area contributed by atoms with Gasteiger partial charge in [0.25, 0.3) is 0 Å². The molecule has 1 fully saturated rings. The third kappa shape index (κ3) is 2.13. The van der Waals surface area contributed by atoms with Gasteiger partial charge in [0.1, 0.15) is 0 Å². The zero-order valence-electron chi connectivity index (χ0n) is 10.2. The van der Waals surface area contributed by atoms with Crippen LogP contribution in [0.15, 0.2) is 29.0 Å². The lowest BCUT2D eigenvalue weighted by molar-refractivity contribution is 0.192. The number of aromatic nitrogens is 3. The SMILES string of the molecule is C[C@H](c1cccnc1)c1nc([C@@H]2CCOC2)no1. The highest BCUT2D eigenvalue weighted by atomic mass is 16.5. The Balaban J connectivity index is 1.80. The number of rotatable bonds is 3. The largest absolute Gasteiger partial charge is 0.381 e. The fourth-order valence-electron chi connectivity index (χ4n) is 2.10. The first-order valence-electron chi connectivity index (χ1n) is 6.16. The summed E-state index contributed by atoms with van der Waals surface area (Å²) in [6.45, 7) is 3.52. The first-order valence-corrected chi connectivity index (χ1v) is 6.16. The summed E-state index contributed by atoms with van der Waals surface area (Å²) in [4.78, 5) is 8.59. The summed E-state index contributed by atoms with van der Waals surface area (Å²) in [5.74, 6) is 1.76. The third-order valence-corrected chi connectivity index (χ3v) is 3.31. The first kappa shape index (κ1) is 11.3. The molecule has 5 nitrogen and oxygen atoms in total. The van der Waals surface area contributed by atoms with E-state index in [9.17, 15) is 0 Å². The van der Waals surface area contributed by atoms with Gasteiger partial charge in [-0.05, 0) is 25.0 Å². The van der Waals surface area contributed by atoms with Crippen molar-refractivity contribution in [2.75, 3.05) is 13.2 Å². The van der Waals surface area contributed by atoms with Crippen molar-refractivity contribution in [3.8, 4) is 0 Å². The van der Waals surface area contributed by atoms with E-state index in [4.69, 9.17) is 9.26 Å². The lowest BCUT2D eigenvalue weighted by Crippen LogP contribution is -2.01. The number of hydrogen-bond donors (Lipinski definition) is 0. The highest BCUT2D eigenvalue weighted by Crippen LogP contribution is 2.26. The van der Waals surface area contributed by atoms with E-state index >= 15 is 0 Å². The minimum atomic E-state index is 0.0715. The molecule has 2 aromatic rings. The van der Waals surface area contributed by atoms with Gasteiger partial charge in [-0.15, -0.1) is 0 Å². The van der Waals surface area contributed by atoms with Gasteiger partial charge in [-0.2, -0.15) is 4.98 Å². The normalized spacial score (nSPS) is 21.1. The van der Waals surface area contributed by atoms with Gasteiger partial charge in [-0.3, -0.25) is 4.98 Å². The fourth-order valence-corrected chi connectivity index (χ4v) is 2.10. The monoisotopic (exact) mass is 245 g/mol. The van der Waals surface area contributed by atoms with Crippen LogP contribution in [0, 0.1) is 0 Å². The Hall–Kier alpha value is -1.75. The van der Waals surface area contributed by atoms with Crippen molar-refractivity contribution in [2.45, 2.75) is 25.2 Å². The van der Waals surface area contributed by atoms with Crippen LogP contribution in [0.5, 0.6) is 0 Å². The van der Waals surface area contributed by atoms with Gasteiger partial charge in [0.05, 0.1) is 12.5 Å². The Bertz CT molecular complexity index is 506. The van der Waals surface area contributed by atoms with Crippen molar-refractivity contribution in [1.82, 2.24) is 15.1 Å². The van der Waals surface area contributed by atoms with E-state index in [0.717, 1.165) is 24.4 Å². The molecular formula is C13H15N3O2. The maximum atomic E-state index is 5.35. The van der Waals surface area contributed by atoms with Crippen LogP contribution >= 0.6 is 0 Å². The molecule has 3 rings (SSSR count). The molecule has 0 saturated carbocycles. The second-order valence-corrected chi connectivity index (χ2v) is 4.56. The lowest BCUT2D eigenvalue weighted by Gasteiger charge is -2.05. The van der Waals surface area contributed by atoms with Crippen molar-refractivity contribution >= 4 is 0 Å². The van der Waals surface area contributed by atoms with E-state index in [-0.39, 0.29) is 11.8 Å². The molecule has 1 saturated heterocycles. The predicted octanol–water partition coefficient (Wildman–Crippen LogP) is 2.12. The Morgan fingerprint density at radius 1 is 1.44 bits per heavy atom. The van der Waals surface area contributed by atoms with Crippen molar-refractivity contribution in [2.24, 2.45) is 0 Å².